The summed E-state index contributed by atoms with van der Waals surface area (Å²) in [4.78, 5) is 38.6. The number of rotatable bonds is 5. The summed E-state index contributed by atoms with van der Waals surface area (Å²) < 4.78 is 8.40. The third-order valence-electron chi connectivity index (χ3n) is 5.28. The standard InChI is InChI=1S/C24H17Cl4N3O4/c1-12(29-22(32)20-15(27)10-13(25)11-16(20)28)23(33)35-19-9-4-3-7-17(19)31-21-14(26)6-5-8-18(21)30(2)24(31)34/h3-12H,1-2H3,(H,29,32)/t12-/m0/s1. The van der Waals surface area contributed by atoms with E-state index in [0.29, 0.717) is 21.7 Å². The van der Waals surface area contributed by atoms with Crippen molar-refractivity contribution in [1.82, 2.24) is 14.5 Å². The van der Waals surface area contributed by atoms with Gasteiger partial charge in [-0.3, -0.25) is 13.9 Å². The molecule has 0 aliphatic carbocycles. The molecule has 1 atom stereocenters. The van der Waals surface area contributed by atoms with Crippen molar-refractivity contribution in [2.75, 3.05) is 0 Å². The number of nitrogens with one attached hydrogen (secondary N) is 1. The van der Waals surface area contributed by atoms with E-state index in [2.05, 4.69) is 5.32 Å². The Balaban J connectivity index is 1.64. The van der Waals surface area contributed by atoms with E-state index < -0.39 is 17.9 Å². The highest BCUT2D eigenvalue weighted by atomic mass is 35.5. The van der Waals surface area contributed by atoms with Crippen molar-refractivity contribution in [2.45, 2.75) is 13.0 Å². The van der Waals surface area contributed by atoms with Gasteiger partial charge in [0.05, 0.1) is 37.4 Å². The quantitative estimate of drug-likeness (QED) is 0.255. The molecule has 0 fully saturated rings. The summed E-state index contributed by atoms with van der Waals surface area (Å²) in [6.07, 6.45) is 0. The number of carbonyl (C=O) groups excluding carboxylic acids is 2. The van der Waals surface area contributed by atoms with Crippen molar-refractivity contribution < 1.29 is 14.3 Å². The number of hydrogen-bond acceptors (Lipinski definition) is 4. The Labute approximate surface area is 219 Å². The first-order valence-corrected chi connectivity index (χ1v) is 11.7. The number of carbonyl (C=O) groups is 2. The zero-order valence-electron chi connectivity index (χ0n) is 18.3. The Morgan fingerprint density at radius 2 is 1.60 bits per heavy atom. The summed E-state index contributed by atoms with van der Waals surface area (Å²) in [7, 11) is 1.62. The second-order valence-corrected chi connectivity index (χ2v) is 9.27. The molecule has 0 aliphatic rings. The average Bonchev–Trinajstić information content (AvgIpc) is 3.05. The molecule has 0 spiro atoms. The van der Waals surface area contributed by atoms with Crippen LogP contribution in [-0.4, -0.2) is 27.1 Å². The fraction of sp³-hybridized carbons (Fsp3) is 0.125. The van der Waals surface area contributed by atoms with Crippen LogP contribution in [0.5, 0.6) is 5.75 Å². The van der Waals surface area contributed by atoms with Crippen molar-refractivity contribution in [2.24, 2.45) is 7.05 Å². The van der Waals surface area contributed by atoms with Gasteiger partial charge in [0.1, 0.15) is 6.04 Å². The lowest BCUT2D eigenvalue weighted by Crippen LogP contribution is -2.41. The van der Waals surface area contributed by atoms with E-state index in [1.807, 2.05) is 0 Å². The average molecular weight is 553 g/mol. The van der Waals surface area contributed by atoms with Gasteiger partial charge in [0.2, 0.25) is 0 Å². The largest absolute Gasteiger partial charge is 0.423 e. The van der Waals surface area contributed by atoms with Crippen LogP contribution in [-0.2, 0) is 11.8 Å². The number of fused-ring (bicyclic) bond motifs is 1. The Morgan fingerprint density at radius 3 is 2.29 bits per heavy atom. The summed E-state index contributed by atoms with van der Waals surface area (Å²) >= 11 is 24.5. The molecule has 0 aliphatic heterocycles. The molecular weight excluding hydrogens is 536 g/mol. The molecule has 35 heavy (non-hydrogen) atoms. The van der Waals surface area contributed by atoms with Gasteiger partial charge >= 0.3 is 11.7 Å². The fourth-order valence-electron chi connectivity index (χ4n) is 3.58. The molecule has 7 nitrogen and oxygen atoms in total. The predicted octanol–water partition coefficient (Wildman–Crippen LogP) is 5.67. The van der Waals surface area contributed by atoms with E-state index >= 15 is 0 Å². The van der Waals surface area contributed by atoms with Crippen molar-refractivity contribution in [3.8, 4) is 11.4 Å². The summed E-state index contributed by atoms with van der Waals surface area (Å²) in [6, 6.07) is 13.4. The molecule has 4 aromatic rings. The first-order valence-electron chi connectivity index (χ1n) is 10.2. The molecule has 3 aromatic carbocycles. The Hall–Kier alpha value is -2.97. The summed E-state index contributed by atoms with van der Waals surface area (Å²) in [6.45, 7) is 1.45. The minimum atomic E-state index is -1.08. The smallest absolute Gasteiger partial charge is 0.333 e. The maximum absolute atomic E-state index is 13.0. The molecule has 1 aromatic heterocycles. The molecule has 1 N–H and O–H groups in total. The minimum absolute atomic E-state index is 0.0188. The lowest BCUT2D eigenvalue weighted by Gasteiger charge is -2.16. The van der Waals surface area contributed by atoms with Gasteiger partial charge in [-0.2, -0.15) is 0 Å². The van der Waals surface area contributed by atoms with Crippen molar-refractivity contribution in [3.63, 3.8) is 0 Å². The van der Waals surface area contributed by atoms with Gasteiger partial charge in [-0.15, -0.1) is 0 Å². The summed E-state index contributed by atoms with van der Waals surface area (Å²) in [5.74, 6) is -1.34. The molecule has 0 unspecified atom stereocenters. The van der Waals surface area contributed by atoms with Gasteiger partial charge in [-0.25, -0.2) is 9.59 Å². The van der Waals surface area contributed by atoms with Gasteiger partial charge in [0.25, 0.3) is 5.91 Å². The van der Waals surface area contributed by atoms with E-state index in [9.17, 15) is 14.4 Å². The highest BCUT2D eigenvalue weighted by molar-refractivity contribution is 6.42. The third kappa shape index (κ3) is 4.77. The zero-order valence-corrected chi connectivity index (χ0v) is 21.3. The second kappa shape index (κ2) is 9.95. The van der Waals surface area contributed by atoms with Gasteiger partial charge in [-0.05, 0) is 43.3 Å². The maximum Gasteiger partial charge on any atom is 0.333 e. The van der Waals surface area contributed by atoms with E-state index in [4.69, 9.17) is 51.1 Å². The van der Waals surface area contributed by atoms with Crippen LogP contribution in [0.25, 0.3) is 16.7 Å². The van der Waals surface area contributed by atoms with E-state index in [1.54, 1.807) is 43.4 Å². The highest BCUT2D eigenvalue weighted by Crippen LogP contribution is 2.30. The number of aryl methyl sites for hydroxylation is 1. The van der Waals surface area contributed by atoms with Crippen LogP contribution in [0.15, 0.2) is 59.4 Å². The molecule has 11 heteroatoms. The van der Waals surface area contributed by atoms with E-state index in [1.165, 1.54) is 34.3 Å². The van der Waals surface area contributed by atoms with Crippen LogP contribution < -0.4 is 15.7 Å². The van der Waals surface area contributed by atoms with Crippen LogP contribution in [0.3, 0.4) is 0 Å². The fourth-order valence-corrected chi connectivity index (χ4v) is 4.82. The number of ether oxygens (including phenoxy) is 1. The van der Waals surface area contributed by atoms with Gasteiger partial charge in [-0.1, -0.05) is 64.6 Å². The number of imidazole rings is 1. The van der Waals surface area contributed by atoms with Crippen molar-refractivity contribution >= 4 is 69.3 Å². The van der Waals surface area contributed by atoms with Crippen LogP contribution in [0.4, 0.5) is 0 Å². The Kier molecular flexibility index (Phi) is 7.15. The molecule has 0 saturated heterocycles. The van der Waals surface area contributed by atoms with E-state index in [0.717, 1.165) is 0 Å². The second-order valence-electron chi connectivity index (χ2n) is 7.61. The normalized spacial score (nSPS) is 11.9. The zero-order chi connectivity index (χ0) is 25.4. The van der Waals surface area contributed by atoms with Crippen molar-refractivity contribution in [1.29, 1.82) is 0 Å². The van der Waals surface area contributed by atoms with E-state index in [-0.39, 0.29) is 32.1 Å². The molecule has 0 saturated carbocycles. The maximum atomic E-state index is 13.0. The summed E-state index contributed by atoms with van der Waals surface area (Å²) in [5.41, 5.74) is 1.01. The molecule has 0 radical (unpaired) electrons. The summed E-state index contributed by atoms with van der Waals surface area (Å²) in [5, 5.41) is 3.22. The lowest BCUT2D eigenvalue weighted by molar-refractivity contribution is -0.136. The Morgan fingerprint density at radius 1 is 0.943 bits per heavy atom. The van der Waals surface area contributed by atoms with Crippen LogP contribution >= 0.6 is 46.4 Å². The van der Waals surface area contributed by atoms with Crippen LogP contribution in [0.2, 0.25) is 20.1 Å². The number of esters is 1. The van der Waals surface area contributed by atoms with Crippen molar-refractivity contribution in [3.05, 3.63) is 90.7 Å². The SMILES string of the molecule is C[C@H](NC(=O)c1c(Cl)cc(Cl)cc1Cl)C(=O)Oc1ccccc1-n1c(=O)n(C)c2cccc(Cl)c21. The number of halogens is 4. The first-order chi connectivity index (χ1) is 16.6. The van der Waals surface area contributed by atoms with Gasteiger partial charge in [0, 0.05) is 12.1 Å². The monoisotopic (exact) mass is 551 g/mol. The molecule has 180 valence electrons. The lowest BCUT2D eigenvalue weighted by atomic mass is 10.2. The predicted molar refractivity (Wildman–Crippen MR) is 138 cm³/mol. The number of aromatic nitrogens is 2. The number of amides is 1. The number of hydrogen-bond donors (Lipinski definition) is 1. The number of benzene rings is 3. The molecule has 4 rings (SSSR count). The van der Waals surface area contributed by atoms with Gasteiger partial charge in [0.15, 0.2) is 5.75 Å². The molecular formula is C24H17Cl4N3O4. The first kappa shape index (κ1) is 25.1. The Bertz CT molecular complexity index is 1520. The minimum Gasteiger partial charge on any atom is -0.423 e. The topological polar surface area (TPSA) is 82.3 Å². The number of para-hydroxylation sites is 3. The highest BCUT2D eigenvalue weighted by Gasteiger charge is 2.24. The molecule has 1 heterocycles. The molecule has 1 amide bonds. The van der Waals surface area contributed by atoms with Crippen LogP contribution in [0, 0.1) is 0 Å². The van der Waals surface area contributed by atoms with Crippen LogP contribution in [0.1, 0.15) is 17.3 Å². The number of nitrogens with zero attached hydrogens (tertiary/aromatic N) is 2. The molecule has 0 bridgehead atoms. The van der Waals surface area contributed by atoms with Gasteiger partial charge < -0.3 is 10.1 Å². The third-order valence-corrected chi connectivity index (χ3v) is 6.40.